The standard InChI is InChI=1S/C15H24N4O3/c1-15(2,3)22-14(20)19-8-12(9-19)18-13-7-11(5-6-21-4)16-10-17-13/h7,10,12H,5-6,8-9H2,1-4H3,(H,16,17,18). The first-order valence-corrected chi connectivity index (χ1v) is 7.42. The van der Waals surface area contributed by atoms with Crippen LogP contribution in [0.4, 0.5) is 10.6 Å². The molecule has 7 nitrogen and oxygen atoms in total. The molecule has 0 bridgehead atoms. The van der Waals surface area contributed by atoms with E-state index >= 15 is 0 Å². The van der Waals surface area contributed by atoms with Crippen molar-refractivity contribution in [2.45, 2.75) is 38.8 Å². The van der Waals surface area contributed by atoms with Gasteiger partial charge < -0.3 is 19.7 Å². The maximum Gasteiger partial charge on any atom is 0.410 e. The Hall–Kier alpha value is -1.89. The molecule has 122 valence electrons. The average Bonchev–Trinajstić information content (AvgIpc) is 2.38. The van der Waals surface area contributed by atoms with E-state index in [9.17, 15) is 4.79 Å². The molecule has 7 heteroatoms. The van der Waals surface area contributed by atoms with Crippen LogP contribution in [0, 0.1) is 0 Å². The predicted molar refractivity (Wildman–Crippen MR) is 82.8 cm³/mol. The van der Waals surface area contributed by atoms with Crippen LogP contribution in [0.2, 0.25) is 0 Å². The van der Waals surface area contributed by atoms with Crippen molar-refractivity contribution in [2.75, 3.05) is 32.1 Å². The van der Waals surface area contributed by atoms with Gasteiger partial charge in [-0.1, -0.05) is 0 Å². The SMILES string of the molecule is COCCc1cc(NC2CN(C(=O)OC(C)(C)C)C2)ncn1. The van der Waals surface area contributed by atoms with Crippen molar-refractivity contribution in [3.8, 4) is 0 Å². The van der Waals surface area contributed by atoms with E-state index in [2.05, 4.69) is 15.3 Å². The van der Waals surface area contributed by atoms with Crippen LogP contribution in [0.15, 0.2) is 12.4 Å². The highest BCUT2D eigenvalue weighted by Gasteiger charge is 2.33. The molecule has 2 rings (SSSR count). The number of nitrogens with zero attached hydrogens (tertiary/aromatic N) is 3. The maximum atomic E-state index is 11.8. The first-order chi connectivity index (χ1) is 10.4. The summed E-state index contributed by atoms with van der Waals surface area (Å²) in [4.78, 5) is 21.9. The number of hydrogen-bond donors (Lipinski definition) is 1. The Morgan fingerprint density at radius 3 is 2.77 bits per heavy atom. The summed E-state index contributed by atoms with van der Waals surface area (Å²) in [5, 5.41) is 3.30. The van der Waals surface area contributed by atoms with Crippen LogP contribution in [-0.4, -0.2) is 59.4 Å². The molecule has 1 aliphatic rings. The van der Waals surface area contributed by atoms with Gasteiger partial charge in [-0.15, -0.1) is 0 Å². The molecule has 1 aliphatic heterocycles. The van der Waals surface area contributed by atoms with E-state index in [0.717, 1.165) is 17.9 Å². The molecule has 0 spiro atoms. The molecule has 0 aromatic carbocycles. The predicted octanol–water partition coefficient (Wildman–Crippen LogP) is 1.70. The van der Waals surface area contributed by atoms with Gasteiger partial charge in [-0.3, -0.25) is 0 Å². The van der Waals surface area contributed by atoms with E-state index in [-0.39, 0.29) is 12.1 Å². The second kappa shape index (κ2) is 6.91. The summed E-state index contributed by atoms with van der Waals surface area (Å²) in [5.41, 5.74) is 0.473. The van der Waals surface area contributed by atoms with Crippen LogP contribution in [0.5, 0.6) is 0 Å². The number of carbonyl (C=O) groups is 1. The van der Waals surface area contributed by atoms with E-state index < -0.39 is 5.60 Å². The maximum absolute atomic E-state index is 11.8. The minimum atomic E-state index is -0.460. The molecule has 1 N–H and O–H groups in total. The number of nitrogens with one attached hydrogen (secondary N) is 1. The van der Waals surface area contributed by atoms with Gasteiger partial charge in [0, 0.05) is 38.4 Å². The van der Waals surface area contributed by atoms with Crippen molar-refractivity contribution in [3.05, 3.63) is 18.1 Å². The number of carbonyl (C=O) groups excluding carboxylic acids is 1. The van der Waals surface area contributed by atoms with E-state index in [1.165, 1.54) is 6.33 Å². The fourth-order valence-electron chi connectivity index (χ4n) is 2.07. The smallest absolute Gasteiger partial charge is 0.410 e. The summed E-state index contributed by atoms with van der Waals surface area (Å²) in [5.74, 6) is 0.773. The zero-order valence-corrected chi connectivity index (χ0v) is 13.6. The lowest BCUT2D eigenvalue weighted by Gasteiger charge is -2.40. The number of aromatic nitrogens is 2. The summed E-state index contributed by atoms with van der Waals surface area (Å²) < 4.78 is 10.4. The van der Waals surface area contributed by atoms with Crippen LogP contribution in [0.3, 0.4) is 0 Å². The van der Waals surface area contributed by atoms with Gasteiger partial charge in [0.2, 0.25) is 0 Å². The summed E-state index contributed by atoms with van der Waals surface area (Å²) in [7, 11) is 1.67. The number of amides is 1. The fourth-order valence-corrected chi connectivity index (χ4v) is 2.07. The topological polar surface area (TPSA) is 76.6 Å². The third-order valence-electron chi connectivity index (χ3n) is 3.17. The van der Waals surface area contributed by atoms with Crippen LogP contribution in [0.1, 0.15) is 26.5 Å². The molecule has 22 heavy (non-hydrogen) atoms. The van der Waals surface area contributed by atoms with Gasteiger partial charge in [0.15, 0.2) is 0 Å². The van der Waals surface area contributed by atoms with Crippen LogP contribution >= 0.6 is 0 Å². The lowest BCUT2D eigenvalue weighted by Crippen LogP contribution is -2.58. The highest BCUT2D eigenvalue weighted by Crippen LogP contribution is 2.18. The molecule has 0 atom stereocenters. The summed E-state index contributed by atoms with van der Waals surface area (Å²) in [6, 6.07) is 2.10. The van der Waals surface area contributed by atoms with Crippen LogP contribution < -0.4 is 5.32 Å². The molecule has 2 heterocycles. The zero-order valence-electron chi connectivity index (χ0n) is 13.6. The minimum absolute atomic E-state index is 0.192. The van der Waals surface area contributed by atoms with Gasteiger partial charge >= 0.3 is 6.09 Å². The van der Waals surface area contributed by atoms with Crippen LogP contribution in [-0.2, 0) is 15.9 Å². The number of likely N-dealkylation sites (tertiary alicyclic amines) is 1. The Balaban J connectivity index is 1.79. The molecule has 1 saturated heterocycles. The molecular weight excluding hydrogens is 284 g/mol. The van der Waals surface area contributed by atoms with Gasteiger partial charge in [0.1, 0.15) is 17.7 Å². The number of rotatable bonds is 5. The van der Waals surface area contributed by atoms with Gasteiger partial charge in [-0.25, -0.2) is 14.8 Å². The molecule has 0 aliphatic carbocycles. The second-order valence-corrected chi connectivity index (χ2v) is 6.36. The van der Waals surface area contributed by atoms with Crippen molar-refractivity contribution in [1.29, 1.82) is 0 Å². The lowest BCUT2D eigenvalue weighted by atomic mass is 10.1. The molecular formula is C15H24N4O3. The molecule has 1 fully saturated rings. The molecule has 0 unspecified atom stereocenters. The average molecular weight is 308 g/mol. The Morgan fingerprint density at radius 1 is 1.41 bits per heavy atom. The first kappa shape index (κ1) is 16.5. The van der Waals surface area contributed by atoms with Crippen molar-refractivity contribution in [2.24, 2.45) is 0 Å². The largest absolute Gasteiger partial charge is 0.444 e. The van der Waals surface area contributed by atoms with Gasteiger partial charge in [0.05, 0.1) is 12.6 Å². The zero-order chi connectivity index (χ0) is 16.2. The van der Waals surface area contributed by atoms with Crippen molar-refractivity contribution >= 4 is 11.9 Å². The number of hydrogen-bond acceptors (Lipinski definition) is 6. The summed E-state index contributed by atoms with van der Waals surface area (Å²) in [6.07, 6.45) is 2.02. The number of methoxy groups -OCH3 is 1. The van der Waals surface area contributed by atoms with Crippen molar-refractivity contribution in [3.63, 3.8) is 0 Å². The van der Waals surface area contributed by atoms with Crippen molar-refractivity contribution < 1.29 is 14.3 Å². The van der Waals surface area contributed by atoms with Gasteiger partial charge in [-0.2, -0.15) is 0 Å². The third kappa shape index (κ3) is 4.84. The summed E-state index contributed by atoms with van der Waals surface area (Å²) in [6.45, 7) is 7.46. The first-order valence-electron chi connectivity index (χ1n) is 7.42. The van der Waals surface area contributed by atoms with E-state index in [1.54, 1.807) is 12.0 Å². The minimum Gasteiger partial charge on any atom is -0.444 e. The Kier molecular flexibility index (Phi) is 5.18. The molecule has 1 aromatic heterocycles. The van der Waals surface area contributed by atoms with E-state index in [4.69, 9.17) is 9.47 Å². The molecule has 1 aromatic rings. The molecule has 1 amide bonds. The molecule has 0 radical (unpaired) electrons. The highest BCUT2D eigenvalue weighted by atomic mass is 16.6. The van der Waals surface area contributed by atoms with E-state index in [0.29, 0.717) is 19.7 Å². The Labute approximate surface area is 131 Å². The highest BCUT2D eigenvalue weighted by molar-refractivity contribution is 5.69. The normalized spacial score (nSPS) is 15.4. The summed E-state index contributed by atoms with van der Waals surface area (Å²) >= 11 is 0. The van der Waals surface area contributed by atoms with Crippen molar-refractivity contribution in [1.82, 2.24) is 14.9 Å². The van der Waals surface area contributed by atoms with Gasteiger partial charge in [-0.05, 0) is 20.8 Å². The molecule has 0 saturated carbocycles. The fraction of sp³-hybridized carbons (Fsp3) is 0.667. The second-order valence-electron chi connectivity index (χ2n) is 6.36. The lowest BCUT2D eigenvalue weighted by molar-refractivity contribution is 0.0104. The number of ether oxygens (including phenoxy) is 2. The number of anilines is 1. The quantitative estimate of drug-likeness (QED) is 0.892. The Bertz CT molecular complexity index is 510. The van der Waals surface area contributed by atoms with Crippen LogP contribution in [0.25, 0.3) is 0 Å². The Morgan fingerprint density at radius 2 is 2.14 bits per heavy atom. The van der Waals surface area contributed by atoms with Gasteiger partial charge in [0.25, 0.3) is 0 Å². The van der Waals surface area contributed by atoms with E-state index in [1.807, 2.05) is 26.8 Å². The monoisotopic (exact) mass is 308 g/mol. The third-order valence-corrected chi connectivity index (χ3v) is 3.17.